The number of carbonyl (C=O) groups excluding carboxylic acids is 1. The van der Waals surface area contributed by atoms with E-state index in [0.717, 1.165) is 6.42 Å². The van der Waals surface area contributed by atoms with Crippen molar-refractivity contribution < 1.29 is 28.2 Å². The van der Waals surface area contributed by atoms with Gasteiger partial charge >= 0.3 is 12.0 Å². The van der Waals surface area contributed by atoms with Crippen molar-refractivity contribution in [1.82, 2.24) is 10.6 Å². The number of aliphatic carboxylic acids is 1. The van der Waals surface area contributed by atoms with Crippen LogP contribution in [0.5, 0.6) is 0 Å². The van der Waals surface area contributed by atoms with Gasteiger partial charge < -0.3 is 20.5 Å². The second kappa shape index (κ2) is 10.5. The molecule has 19 heavy (non-hydrogen) atoms. The van der Waals surface area contributed by atoms with Crippen molar-refractivity contribution in [2.24, 2.45) is 0 Å². The van der Waals surface area contributed by atoms with E-state index in [0.29, 0.717) is 12.8 Å². The van der Waals surface area contributed by atoms with Gasteiger partial charge in [-0.25, -0.2) is 18.4 Å². The van der Waals surface area contributed by atoms with Crippen LogP contribution < -0.4 is 10.6 Å². The second-order valence-electron chi connectivity index (χ2n) is 3.90. The SMILES string of the molecule is CCCCC(NC(=O)NCCOCC(F)F)C(=O)O. The molecule has 0 aliphatic rings. The zero-order valence-electron chi connectivity index (χ0n) is 10.8. The number of alkyl halides is 2. The zero-order chi connectivity index (χ0) is 14.7. The molecular weight excluding hydrogens is 262 g/mol. The van der Waals surface area contributed by atoms with E-state index in [1.54, 1.807) is 0 Å². The van der Waals surface area contributed by atoms with E-state index in [9.17, 15) is 18.4 Å². The lowest BCUT2D eigenvalue weighted by Crippen LogP contribution is -2.46. The number of unbranched alkanes of at least 4 members (excludes halogenated alkanes) is 1. The van der Waals surface area contributed by atoms with Gasteiger partial charge in [-0.1, -0.05) is 19.8 Å². The van der Waals surface area contributed by atoms with Crippen LogP contribution in [0.2, 0.25) is 0 Å². The molecule has 0 aromatic heterocycles. The fourth-order valence-electron chi connectivity index (χ4n) is 1.28. The summed E-state index contributed by atoms with van der Waals surface area (Å²) in [6.07, 6.45) is -0.677. The molecule has 0 aliphatic heterocycles. The number of rotatable bonds is 10. The predicted molar refractivity (Wildman–Crippen MR) is 64.3 cm³/mol. The third-order valence-electron chi connectivity index (χ3n) is 2.23. The van der Waals surface area contributed by atoms with Crippen molar-refractivity contribution in [3.05, 3.63) is 0 Å². The van der Waals surface area contributed by atoms with E-state index in [1.165, 1.54) is 0 Å². The molecule has 0 fully saturated rings. The van der Waals surface area contributed by atoms with Crippen LogP contribution in [0.25, 0.3) is 0 Å². The number of nitrogens with one attached hydrogen (secondary N) is 2. The van der Waals surface area contributed by atoms with E-state index >= 15 is 0 Å². The van der Waals surface area contributed by atoms with Gasteiger partial charge in [-0.05, 0) is 6.42 Å². The maximum absolute atomic E-state index is 11.7. The number of halogens is 2. The first kappa shape index (κ1) is 17.6. The molecule has 0 aromatic rings. The average Bonchev–Trinajstić information content (AvgIpc) is 2.33. The van der Waals surface area contributed by atoms with E-state index < -0.39 is 31.1 Å². The molecule has 8 heteroatoms. The van der Waals surface area contributed by atoms with E-state index in [-0.39, 0.29) is 13.2 Å². The number of ether oxygens (including phenoxy) is 1. The van der Waals surface area contributed by atoms with Gasteiger partial charge in [0.25, 0.3) is 6.43 Å². The lowest BCUT2D eigenvalue weighted by atomic mass is 10.1. The van der Waals surface area contributed by atoms with Crippen LogP contribution in [0, 0.1) is 0 Å². The Hall–Kier alpha value is -1.44. The summed E-state index contributed by atoms with van der Waals surface area (Å²) in [5, 5.41) is 13.5. The number of hydrogen-bond donors (Lipinski definition) is 3. The molecule has 0 radical (unpaired) electrons. The third kappa shape index (κ3) is 10.2. The van der Waals surface area contributed by atoms with Crippen LogP contribution >= 0.6 is 0 Å². The summed E-state index contributed by atoms with van der Waals surface area (Å²) in [7, 11) is 0. The number of carboxylic acids is 1. The highest BCUT2D eigenvalue weighted by atomic mass is 19.3. The lowest BCUT2D eigenvalue weighted by Gasteiger charge is -2.14. The van der Waals surface area contributed by atoms with E-state index in [4.69, 9.17) is 5.11 Å². The highest BCUT2D eigenvalue weighted by Gasteiger charge is 2.18. The maximum Gasteiger partial charge on any atom is 0.326 e. The molecule has 3 N–H and O–H groups in total. The number of amides is 2. The van der Waals surface area contributed by atoms with Gasteiger partial charge in [0.1, 0.15) is 12.6 Å². The van der Waals surface area contributed by atoms with Crippen LogP contribution in [-0.4, -0.2) is 49.3 Å². The molecular formula is C11H20F2N2O4. The molecule has 2 amide bonds. The molecule has 112 valence electrons. The molecule has 1 unspecified atom stereocenters. The lowest BCUT2D eigenvalue weighted by molar-refractivity contribution is -0.139. The predicted octanol–water partition coefficient (Wildman–Crippen LogP) is 1.21. The summed E-state index contributed by atoms with van der Waals surface area (Å²) in [6.45, 7) is 1.22. The van der Waals surface area contributed by atoms with Gasteiger partial charge in [-0.3, -0.25) is 0 Å². The van der Waals surface area contributed by atoms with Crippen LogP contribution in [-0.2, 0) is 9.53 Å². The topological polar surface area (TPSA) is 87.7 Å². The maximum atomic E-state index is 11.7. The molecule has 0 bridgehead atoms. The monoisotopic (exact) mass is 282 g/mol. The molecule has 6 nitrogen and oxygen atoms in total. The fraction of sp³-hybridized carbons (Fsp3) is 0.818. The molecule has 0 saturated carbocycles. The van der Waals surface area contributed by atoms with E-state index in [2.05, 4.69) is 15.4 Å². The summed E-state index contributed by atoms with van der Waals surface area (Å²) >= 11 is 0. The molecule has 0 rings (SSSR count). The number of hydrogen-bond acceptors (Lipinski definition) is 3. The second-order valence-corrected chi connectivity index (χ2v) is 3.90. The summed E-state index contributed by atoms with van der Waals surface area (Å²) in [6, 6.07) is -1.59. The van der Waals surface area contributed by atoms with E-state index in [1.807, 2.05) is 6.92 Å². The summed E-state index contributed by atoms with van der Waals surface area (Å²) in [5.74, 6) is -1.10. The standard InChI is InChI=1S/C11H20F2N2O4/c1-2-3-4-8(10(16)17)15-11(18)14-5-6-19-7-9(12)13/h8-9H,2-7H2,1H3,(H,16,17)(H2,14,15,18). The van der Waals surface area contributed by atoms with Gasteiger partial charge in [-0.15, -0.1) is 0 Å². The molecule has 0 aliphatic carbocycles. The van der Waals surface area contributed by atoms with Crippen molar-refractivity contribution >= 4 is 12.0 Å². The van der Waals surface area contributed by atoms with Gasteiger partial charge in [0.15, 0.2) is 0 Å². The minimum Gasteiger partial charge on any atom is -0.480 e. The zero-order valence-corrected chi connectivity index (χ0v) is 10.8. The smallest absolute Gasteiger partial charge is 0.326 e. The van der Waals surface area contributed by atoms with Crippen molar-refractivity contribution in [2.45, 2.75) is 38.7 Å². The van der Waals surface area contributed by atoms with Gasteiger partial charge in [0, 0.05) is 6.54 Å². The fourth-order valence-corrected chi connectivity index (χ4v) is 1.28. The minimum atomic E-state index is -2.54. The molecule has 0 heterocycles. The van der Waals surface area contributed by atoms with Crippen LogP contribution in [0.3, 0.4) is 0 Å². The Bertz CT molecular complexity index is 277. The number of carbonyl (C=O) groups is 2. The summed E-state index contributed by atoms with van der Waals surface area (Å²) in [4.78, 5) is 22.2. The Balaban J connectivity index is 3.77. The Labute approximate surface area is 110 Å². The number of urea groups is 1. The Morgan fingerprint density at radius 1 is 1.37 bits per heavy atom. The van der Waals surface area contributed by atoms with Crippen LogP contribution in [0.4, 0.5) is 13.6 Å². The quantitative estimate of drug-likeness (QED) is 0.526. The summed E-state index contributed by atoms with van der Waals surface area (Å²) in [5.41, 5.74) is 0. The Kier molecular flexibility index (Phi) is 9.69. The molecule has 1 atom stereocenters. The normalized spacial score (nSPS) is 12.2. The molecule has 0 saturated heterocycles. The highest BCUT2D eigenvalue weighted by Crippen LogP contribution is 2.00. The molecule has 0 spiro atoms. The highest BCUT2D eigenvalue weighted by molar-refractivity contribution is 5.82. The first-order valence-corrected chi connectivity index (χ1v) is 6.10. The summed E-state index contributed by atoms with van der Waals surface area (Å²) < 4.78 is 28.0. The van der Waals surface area contributed by atoms with Crippen LogP contribution in [0.15, 0.2) is 0 Å². The Morgan fingerprint density at radius 3 is 2.58 bits per heavy atom. The first-order chi connectivity index (χ1) is 8.97. The largest absolute Gasteiger partial charge is 0.480 e. The van der Waals surface area contributed by atoms with Crippen molar-refractivity contribution in [3.8, 4) is 0 Å². The van der Waals surface area contributed by atoms with Gasteiger partial charge in [0.05, 0.1) is 6.61 Å². The number of carboxylic acid groups (broad SMARTS) is 1. The molecule has 0 aromatic carbocycles. The minimum absolute atomic E-state index is 0.0403. The van der Waals surface area contributed by atoms with Crippen LogP contribution in [0.1, 0.15) is 26.2 Å². The van der Waals surface area contributed by atoms with Crippen molar-refractivity contribution in [3.63, 3.8) is 0 Å². The van der Waals surface area contributed by atoms with Gasteiger partial charge in [0.2, 0.25) is 0 Å². The Morgan fingerprint density at radius 2 is 2.05 bits per heavy atom. The van der Waals surface area contributed by atoms with Gasteiger partial charge in [-0.2, -0.15) is 0 Å². The first-order valence-electron chi connectivity index (χ1n) is 6.10. The van der Waals surface area contributed by atoms with Crippen molar-refractivity contribution in [2.75, 3.05) is 19.8 Å². The average molecular weight is 282 g/mol. The van der Waals surface area contributed by atoms with Crippen molar-refractivity contribution in [1.29, 1.82) is 0 Å². The third-order valence-corrected chi connectivity index (χ3v) is 2.23.